The summed E-state index contributed by atoms with van der Waals surface area (Å²) in [7, 11) is -14.8. The topological polar surface area (TPSA) is 235 Å². The Morgan fingerprint density at radius 2 is 1.32 bits per heavy atom. The Balaban J connectivity index is 2.09. The Morgan fingerprint density at radius 1 is 0.703 bits per heavy atom. The van der Waals surface area contributed by atoms with Gasteiger partial charge in [0.15, 0.2) is 11.6 Å². The molecule has 0 saturated carbocycles. The lowest BCUT2D eigenvalue weighted by molar-refractivity contribution is 0.0977. The van der Waals surface area contributed by atoms with Crippen LogP contribution >= 0.6 is 0 Å². The molecule has 6 N–H and O–H groups in total. The highest BCUT2D eigenvalue weighted by Gasteiger charge is 2.39. The van der Waals surface area contributed by atoms with Crippen LogP contribution in [0.2, 0.25) is 0 Å². The smallest absolute Gasteiger partial charge is 0.296 e. The zero-order chi connectivity index (χ0) is 27.7. The van der Waals surface area contributed by atoms with E-state index < -0.39 is 90.2 Å². The molecular formula is C21H16N2O11S3. The Kier molecular flexibility index (Phi) is 6.02. The molecule has 1 aliphatic rings. The van der Waals surface area contributed by atoms with Crippen molar-refractivity contribution < 1.29 is 48.5 Å². The van der Waals surface area contributed by atoms with E-state index in [0.29, 0.717) is 11.6 Å². The summed E-state index contributed by atoms with van der Waals surface area (Å²) in [5, 5.41) is 2.60. The van der Waals surface area contributed by atoms with E-state index in [4.69, 9.17) is 5.73 Å². The van der Waals surface area contributed by atoms with Crippen LogP contribution in [0.5, 0.6) is 0 Å². The molecule has 13 nitrogen and oxygen atoms in total. The predicted molar refractivity (Wildman–Crippen MR) is 128 cm³/mol. The van der Waals surface area contributed by atoms with E-state index in [1.807, 2.05) is 0 Å². The van der Waals surface area contributed by atoms with Gasteiger partial charge >= 0.3 is 0 Å². The highest BCUT2D eigenvalue weighted by atomic mass is 32.2. The second-order valence-corrected chi connectivity index (χ2v) is 12.2. The summed E-state index contributed by atoms with van der Waals surface area (Å²) in [5.74, 6) is -2.22. The highest BCUT2D eigenvalue weighted by Crippen LogP contribution is 2.42. The molecule has 37 heavy (non-hydrogen) atoms. The summed E-state index contributed by atoms with van der Waals surface area (Å²) in [6.07, 6.45) is 0. The lowest BCUT2D eigenvalue weighted by Crippen LogP contribution is -2.27. The molecule has 0 atom stereocenters. The zero-order valence-corrected chi connectivity index (χ0v) is 20.9. The number of carbonyl (C=O) groups excluding carboxylic acids is 2. The van der Waals surface area contributed by atoms with E-state index in [0.717, 1.165) is 30.3 Å². The molecule has 16 heteroatoms. The number of ketones is 2. The van der Waals surface area contributed by atoms with Crippen LogP contribution in [0, 0.1) is 6.92 Å². The van der Waals surface area contributed by atoms with E-state index in [9.17, 15) is 48.5 Å². The van der Waals surface area contributed by atoms with Gasteiger partial charge in [0.05, 0.1) is 33.0 Å². The minimum atomic E-state index is -5.07. The first-order chi connectivity index (χ1) is 16.9. The van der Waals surface area contributed by atoms with Gasteiger partial charge < -0.3 is 11.1 Å². The molecule has 1 aliphatic carbocycles. The molecule has 3 aromatic rings. The first kappa shape index (κ1) is 26.4. The molecule has 0 amide bonds. The van der Waals surface area contributed by atoms with E-state index in [-0.39, 0.29) is 5.69 Å². The molecule has 0 spiro atoms. The molecule has 0 bridgehead atoms. The molecule has 0 radical (unpaired) electrons. The van der Waals surface area contributed by atoms with Crippen LogP contribution < -0.4 is 11.1 Å². The zero-order valence-electron chi connectivity index (χ0n) is 18.5. The molecule has 0 aromatic heterocycles. The van der Waals surface area contributed by atoms with Crippen LogP contribution in [-0.4, -0.2) is 50.5 Å². The molecule has 3 aromatic carbocycles. The van der Waals surface area contributed by atoms with Crippen molar-refractivity contribution in [2.75, 3.05) is 11.1 Å². The minimum absolute atomic E-state index is 0.0718. The second-order valence-electron chi connectivity index (χ2n) is 7.95. The maximum Gasteiger partial charge on any atom is 0.296 e. The highest BCUT2D eigenvalue weighted by molar-refractivity contribution is 7.86. The molecule has 0 saturated heterocycles. The molecule has 0 aliphatic heterocycles. The Labute approximate surface area is 210 Å². The maximum atomic E-state index is 13.6. The van der Waals surface area contributed by atoms with Crippen molar-refractivity contribution in [1.29, 1.82) is 0 Å². The standard InChI is InChI=1S/C21H16N2O11S3/c1-9-5-6-10(35(26,27)28)7-12(9)23-13-8-15(37(32,33)34)19(22)18-17(13)21(25)16-11(20(18)24)3-2-4-14(16)36(29,30)31/h2-8,23H,22H2,1H3,(H,26,27,28)(H,29,30,31)(H,32,33,34). The number of aryl methyl sites for hydroxylation is 1. The van der Waals surface area contributed by atoms with Gasteiger partial charge in [-0.15, -0.1) is 0 Å². The average molecular weight is 569 g/mol. The fraction of sp³-hybridized carbons (Fsp3) is 0.0476. The van der Waals surface area contributed by atoms with Gasteiger partial charge in [-0.2, -0.15) is 25.3 Å². The van der Waals surface area contributed by atoms with Gasteiger partial charge in [-0.05, 0) is 36.8 Å². The van der Waals surface area contributed by atoms with Crippen LogP contribution in [-0.2, 0) is 30.4 Å². The number of carbonyl (C=O) groups is 2. The summed E-state index contributed by atoms with van der Waals surface area (Å²) in [6, 6.07) is 7.03. The fourth-order valence-electron chi connectivity index (χ4n) is 3.93. The third-order valence-corrected chi connectivity index (χ3v) is 8.25. The van der Waals surface area contributed by atoms with Gasteiger partial charge in [0.1, 0.15) is 9.79 Å². The lowest BCUT2D eigenvalue weighted by atomic mass is 9.82. The number of nitrogens with two attached hydrogens (primary N) is 1. The maximum absolute atomic E-state index is 13.6. The molecule has 0 heterocycles. The van der Waals surface area contributed by atoms with E-state index >= 15 is 0 Å². The summed E-state index contributed by atoms with van der Waals surface area (Å²) in [6.45, 7) is 1.49. The van der Waals surface area contributed by atoms with Crippen molar-refractivity contribution in [1.82, 2.24) is 0 Å². The minimum Gasteiger partial charge on any atom is -0.397 e. The van der Waals surface area contributed by atoms with E-state index in [2.05, 4.69) is 5.32 Å². The summed E-state index contributed by atoms with van der Waals surface area (Å²) in [4.78, 5) is 24.5. The van der Waals surface area contributed by atoms with Gasteiger partial charge in [-0.1, -0.05) is 18.2 Å². The largest absolute Gasteiger partial charge is 0.397 e. The van der Waals surface area contributed by atoms with Crippen molar-refractivity contribution >= 4 is 59.0 Å². The lowest BCUT2D eigenvalue weighted by Gasteiger charge is -2.25. The van der Waals surface area contributed by atoms with Crippen molar-refractivity contribution in [2.45, 2.75) is 21.6 Å². The van der Waals surface area contributed by atoms with Crippen LogP contribution in [0.4, 0.5) is 17.1 Å². The molecular weight excluding hydrogens is 552 g/mol. The number of rotatable bonds is 5. The summed E-state index contributed by atoms with van der Waals surface area (Å²) < 4.78 is 99.9. The van der Waals surface area contributed by atoms with Gasteiger partial charge in [0.25, 0.3) is 30.4 Å². The number of benzene rings is 3. The Morgan fingerprint density at radius 3 is 1.89 bits per heavy atom. The Hall–Kier alpha value is -3.67. The first-order valence-electron chi connectivity index (χ1n) is 9.92. The fourth-order valence-corrected chi connectivity index (χ4v) is 5.79. The number of nitrogens with one attached hydrogen (secondary N) is 1. The SMILES string of the molecule is Cc1ccc(S(=O)(=O)O)cc1Nc1cc(S(=O)(=O)O)c(N)c2c1C(=O)c1c(cccc1S(=O)(=O)O)C2=O. The molecule has 0 fully saturated rings. The number of hydrogen-bond donors (Lipinski definition) is 5. The van der Waals surface area contributed by atoms with Crippen LogP contribution in [0.3, 0.4) is 0 Å². The average Bonchev–Trinajstić information content (AvgIpc) is 2.77. The second kappa shape index (κ2) is 8.44. The normalized spacial score (nSPS) is 13.7. The molecule has 194 valence electrons. The molecule has 0 unspecified atom stereocenters. The van der Waals surface area contributed by atoms with Gasteiger partial charge in [-0.3, -0.25) is 23.2 Å². The van der Waals surface area contributed by atoms with E-state index in [1.165, 1.54) is 13.0 Å². The Bertz CT molecular complexity index is 1880. The summed E-state index contributed by atoms with van der Waals surface area (Å²) >= 11 is 0. The van der Waals surface area contributed by atoms with Crippen molar-refractivity contribution in [3.63, 3.8) is 0 Å². The van der Waals surface area contributed by atoms with Gasteiger partial charge in [-0.25, -0.2) is 0 Å². The van der Waals surface area contributed by atoms with Gasteiger partial charge in [0, 0.05) is 11.3 Å². The van der Waals surface area contributed by atoms with E-state index in [1.54, 1.807) is 0 Å². The number of anilines is 3. The van der Waals surface area contributed by atoms with Gasteiger partial charge in [0.2, 0.25) is 0 Å². The van der Waals surface area contributed by atoms with Crippen molar-refractivity contribution in [3.8, 4) is 0 Å². The third-order valence-electron chi connectivity index (χ3n) is 5.61. The third kappa shape index (κ3) is 4.50. The van der Waals surface area contributed by atoms with Crippen LogP contribution in [0.25, 0.3) is 0 Å². The van der Waals surface area contributed by atoms with Crippen molar-refractivity contribution in [2.24, 2.45) is 0 Å². The monoisotopic (exact) mass is 568 g/mol. The van der Waals surface area contributed by atoms with Crippen molar-refractivity contribution in [3.05, 3.63) is 70.3 Å². The summed E-state index contributed by atoms with van der Waals surface area (Å²) in [5.41, 5.74) is 2.39. The predicted octanol–water partition coefficient (Wildman–Crippen LogP) is 1.84. The number of fused-ring (bicyclic) bond motifs is 2. The number of hydrogen-bond acceptors (Lipinski definition) is 10. The molecule has 4 rings (SSSR count). The first-order valence-corrected chi connectivity index (χ1v) is 14.2. The quantitative estimate of drug-likeness (QED) is 0.171. The van der Waals surface area contributed by atoms with Crippen LogP contribution in [0.15, 0.2) is 57.2 Å². The van der Waals surface area contributed by atoms with Crippen LogP contribution in [0.1, 0.15) is 37.4 Å². The number of nitrogen functional groups attached to an aromatic ring is 1.